The van der Waals surface area contributed by atoms with E-state index in [1.54, 1.807) is 12.1 Å². The summed E-state index contributed by atoms with van der Waals surface area (Å²) in [6.45, 7) is 7.48. The molecule has 0 saturated carbocycles. The van der Waals surface area contributed by atoms with Crippen LogP contribution >= 0.6 is 0 Å². The van der Waals surface area contributed by atoms with Crippen molar-refractivity contribution < 1.29 is 4.39 Å². The van der Waals surface area contributed by atoms with Gasteiger partial charge in [-0.2, -0.15) is 0 Å². The van der Waals surface area contributed by atoms with E-state index in [0.717, 1.165) is 24.2 Å². The van der Waals surface area contributed by atoms with Gasteiger partial charge in [0.15, 0.2) is 0 Å². The summed E-state index contributed by atoms with van der Waals surface area (Å²) in [5, 5.41) is 3.27. The Morgan fingerprint density at radius 3 is 2.73 bits per heavy atom. The highest BCUT2D eigenvalue weighted by atomic mass is 19.1. The summed E-state index contributed by atoms with van der Waals surface area (Å²) in [6.07, 6.45) is 1.01. The molecule has 2 heteroatoms. The fourth-order valence-electron chi connectivity index (χ4n) is 2.41. The Morgan fingerprint density at radius 1 is 1.33 bits per heavy atom. The number of hydrogen-bond acceptors (Lipinski definition) is 1. The van der Waals surface area contributed by atoms with Crippen LogP contribution in [0, 0.1) is 11.2 Å². The Hall–Kier alpha value is -1.05. The Bertz CT molecular complexity index is 365. The van der Waals surface area contributed by atoms with Crippen LogP contribution in [-0.2, 0) is 0 Å². The molecule has 1 aromatic carbocycles. The summed E-state index contributed by atoms with van der Waals surface area (Å²) in [5.74, 6) is 0.245. The third-order valence-electron chi connectivity index (χ3n) is 3.20. The smallest absolute Gasteiger partial charge is 0.128 e. The minimum Gasteiger partial charge on any atom is -0.385 e. The lowest BCUT2D eigenvalue weighted by Gasteiger charge is -2.36. The van der Waals surface area contributed by atoms with Gasteiger partial charge in [0.1, 0.15) is 5.82 Å². The van der Waals surface area contributed by atoms with E-state index in [4.69, 9.17) is 0 Å². The van der Waals surface area contributed by atoms with Crippen molar-refractivity contribution >= 4 is 5.69 Å². The molecule has 1 aromatic rings. The normalized spacial score (nSPS) is 20.7. The molecule has 0 radical (unpaired) electrons. The summed E-state index contributed by atoms with van der Waals surface area (Å²) in [5.41, 5.74) is 1.97. The summed E-state index contributed by atoms with van der Waals surface area (Å²) in [6, 6.07) is 5.30. The number of benzene rings is 1. The van der Waals surface area contributed by atoms with Gasteiger partial charge in [-0.25, -0.2) is 4.39 Å². The summed E-state index contributed by atoms with van der Waals surface area (Å²) in [7, 11) is 0. The summed E-state index contributed by atoms with van der Waals surface area (Å²) >= 11 is 0. The van der Waals surface area contributed by atoms with Gasteiger partial charge in [-0.3, -0.25) is 0 Å². The lowest BCUT2D eigenvalue weighted by atomic mass is 9.72. The zero-order chi connectivity index (χ0) is 11.1. The average Bonchev–Trinajstić information content (AvgIpc) is 2.16. The van der Waals surface area contributed by atoms with Gasteiger partial charge >= 0.3 is 0 Å². The van der Waals surface area contributed by atoms with Crippen LogP contribution < -0.4 is 5.32 Å². The predicted octanol–water partition coefficient (Wildman–Crippen LogP) is 3.77. The molecule has 0 bridgehead atoms. The van der Waals surface area contributed by atoms with E-state index < -0.39 is 0 Å². The van der Waals surface area contributed by atoms with Gasteiger partial charge in [0.25, 0.3) is 0 Å². The fourth-order valence-corrected chi connectivity index (χ4v) is 2.41. The molecule has 0 amide bonds. The number of rotatable bonds is 0. The lowest BCUT2D eigenvalue weighted by molar-refractivity contribution is 0.298. The molecule has 1 aliphatic rings. The quantitative estimate of drug-likeness (QED) is 0.682. The minimum absolute atomic E-state index is 0.0698. The Labute approximate surface area is 90.7 Å². The molecule has 0 aliphatic carbocycles. The van der Waals surface area contributed by atoms with Crippen molar-refractivity contribution in [1.29, 1.82) is 0 Å². The molecule has 1 heterocycles. The molecule has 1 nitrogen and oxygen atoms in total. The average molecular weight is 207 g/mol. The molecule has 82 valence electrons. The third-order valence-corrected chi connectivity index (χ3v) is 3.20. The van der Waals surface area contributed by atoms with E-state index in [1.165, 1.54) is 0 Å². The zero-order valence-corrected chi connectivity index (χ0v) is 9.60. The minimum atomic E-state index is -0.0698. The van der Waals surface area contributed by atoms with Gasteiger partial charge in [-0.15, -0.1) is 0 Å². The van der Waals surface area contributed by atoms with Gasteiger partial charge in [0, 0.05) is 17.8 Å². The second-order valence-corrected chi connectivity index (χ2v) is 5.34. The van der Waals surface area contributed by atoms with Crippen molar-refractivity contribution in [2.45, 2.75) is 33.1 Å². The number of hydrogen-bond donors (Lipinski definition) is 1. The fraction of sp³-hybridized carbons (Fsp3) is 0.538. The first-order chi connectivity index (χ1) is 7.00. The Morgan fingerprint density at radius 2 is 2.07 bits per heavy atom. The van der Waals surface area contributed by atoms with Gasteiger partial charge in [-0.1, -0.05) is 26.8 Å². The molecule has 0 aromatic heterocycles. The van der Waals surface area contributed by atoms with E-state index in [0.29, 0.717) is 5.92 Å². The molecular formula is C13H18FN. The Kier molecular flexibility index (Phi) is 2.45. The highest BCUT2D eigenvalue weighted by Gasteiger charge is 2.32. The van der Waals surface area contributed by atoms with Crippen LogP contribution in [0.1, 0.15) is 38.7 Å². The van der Waals surface area contributed by atoms with Crippen LogP contribution in [0.2, 0.25) is 0 Å². The van der Waals surface area contributed by atoms with Crippen LogP contribution in [0.25, 0.3) is 0 Å². The van der Waals surface area contributed by atoms with Crippen molar-refractivity contribution in [3.63, 3.8) is 0 Å². The maximum Gasteiger partial charge on any atom is 0.128 e. The molecule has 1 atom stereocenters. The summed E-state index contributed by atoms with van der Waals surface area (Å²) < 4.78 is 13.8. The second kappa shape index (κ2) is 3.51. The van der Waals surface area contributed by atoms with Crippen LogP contribution in [0.4, 0.5) is 10.1 Å². The highest BCUT2D eigenvalue weighted by Crippen LogP contribution is 2.44. The van der Waals surface area contributed by atoms with E-state index in [2.05, 4.69) is 26.1 Å². The van der Waals surface area contributed by atoms with Crippen molar-refractivity contribution in [2.24, 2.45) is 5.41 Å². The van der Waals surface area contributed by atoms with Crippen molar-refractivity contribution in [1.82, 2.24) is 0 Å². The second-order valence-electron chi connectivity index (χ2n) is 5.34. The SMILES string of the molecule is CC(C)(C)C1CCNc2cccc(F)c21. The first-order valence-electron chi connectivity index (χ1n) is 5.52. The van der Waals surface area contributed by atoms with E-state index in [-0.39, 0.29) is 11.2 Å². The topological polar surface area (TPSA) is 12.0 Å². The molecule has 1 unspecified atom stereocenters. The van der Waals surface area contributed by atoms with E-state index in [1.807, 2.05) is 6.07 Å². The molecule has 0 saturated heterocycles. The molecular weight excluding hydrogens is 189 g/mol. The first kappa shape index (κ1) is 10.5. The lowest BCUT2D eigenvalue weighted by Crippen LogP contribution is -2.27. The number of anilines is 1. The molecule has 1 aliphatic heterocycles. The van der Waals surface area contributed by atoms with Crippen LogP contribution in [0.3, 0.4) is 0 Å². The number of halogens is 1. The molecule has 2 rings (SSSR count). The van der Waals surface area contributed by atoms with Crippen LogP contribution in [-0.4, -0.2) is 6.54 Å². The molecule has 0 spiro atoms. The largest absolute Gasteiger partial charge is 0.385 e. The van der Waals surface area contributed by atoms with Crippen molar-refractivity contribution in [2.75, 3.05) is 11.9 Å². The van der Waals surface area contributed by atoms with Crippen molar-refractivity contribution in [3.8, 4) is 0 Å². The summed E-state index contributed by atoms with van der Waals surface area (Å²) in [4.78, 5) is 0. The third kappa shape index (κ3) is 1.85. The van der Waals surface area contributed by atoms with Gasteiger partial charge in [-0.05, 0) is 29.9 Å². The maximum absolute atomic E-state index is 13.8. The van der Waals surface area contributed by atoms with Gasteiger partial charge in [0.2, 0.25) is 0 Å². The van der Waals surface area contributed by atoms with Crippen LogP contribution in [0.5, 0.6) is 0 Å². The molecule has 15 heavy (non-hydrogen) atoms. The molecule has 0 fully saturated rings. The predicted molar refractivity (Wildman–Crippen MR) is 61.7 cm³/mol. The first-order valence-corrected chi connectivity index (χ1v) is 5.52. The van der Waals surface area contributed by atoms with E-state index in [9.17, 15) is 4.39 Å². The number of fused-ring (bicyclic) bond motifs is 1. The van der Waals surface area contributed by atoms with E-state index >= 15 is 0 Å². The van der Waals surface area contributed by atoms with Gasteiger partial charge in [0.05, 0.1) is 0 Å². The maximum atomic E-state index is 13.8. The number of nitrogens with one attached hydrogen (secondary N) is 1. The standard InChI is InChI=1S/C13H18FN/c1-13(2,3)9-7-8-15-11-6-4-5-10(14)12(9)11/h4-6,9,15H,7-8H2,1-3H3. The zero-order valence-electron chi connectivity index (χ0n) is 9.60. The molecule has 1 N–H and O–H groups in total. The highest BCUT2D eigenvalue weighted by molar-refractivity contribution is 5.55. The van der Waals surface area contributed by atoms with Gasteiger partial charge < -0.3 is 5.32 Å². The Balaban J connectivity index is 2.50. The van der Waals surface area contributed by atoms with Crippen LogP contribution in [0.15, 0.2) is 18.2 Å². The monoisotopic (exact) mass is 207 g/mol. The van der Waals surface area contributed by atoms with Crippen molar-refractivity contribution in [3.05, 3.63) is 29.6 Å².